The number of anilines is 1. The highest BCUT2D eigenvalue weighted by Crippen LogP contribution is 2.52. The number of carbonyl (C=O) groups is 2. The van der Waals surface area contributed by atoms with Crippen LogP contribution in [0.2, 0.25) is 0 Å². The molecule has 1 aromatic heterocycles. The number of rotatable bonds is 9. The van der Waals surface area contributed by atoms with Gasteiger partial charge in [0.25, 0.3) is 0 Å². The van der Waals surface area contributed by atoms with Crippen molar-refractivity contribution in [2.75, 3.05) is 18.5 Å². The van der Waals surface area contributed by atoms with E-state index in [1.807, 2.05) is 44.3 Å². The largest absolute Gasteiger partial charge is 0.490 e. The first-order valence-corrected chi connectivity index (χ1v) is 12.5. The van der Waals surface area contributed by atoms with Crippen LogP contribution >= 0.6 is 0 Å². The Morgan fingerprint density at radius 3 is 2.65 bits per heavy atom. The van der Waals surface area contributed by atoms with Gasteiger partial charge in [0.2, 0.25) is 5.91 Å². The number of aliphatic hydroxyl groups excluding tert-OH is 1. The molecule has 8 heteroatoms. The van der Waals surface area contributed by atoms with Crippen LogP contribution in [0, 0.1) is 0 Å². The number of hydrogen-bond acceptors (Lipinski definition) is 5. The molecule has 1 spiro atoms. The Bertz CT molecular complexity index is 1310. The zero-order chi connectivity index (χ0) is 25.5. The van der Waals surface area contributed by atoms with Gasteiger partial charge in [-0.15, -0.1) is 0 Å². The molecule has 1 saturated carbocycles. The van der Waals surface area contributed by atoms with Crippen molar-refractivity contribution in [3.05, 3.63) is 59.3 Å². The molecule has 37 heavy (non-hydrogen) atoms. The highest BCUT2D eigenvalue weighted by atomic mass is 16.5. The predicted octanol–water partition coefficient (Wildman–Crippen LogP) is 4.62. The number of aromatic carboxylic acids is 1. The van der Waals surface area contributed by atoms with E-state index in [0.29, 0.717) is 24.1 Å². The summed E-state index contributed by atoms with van der Waals surface area (Å²) < 4.78 is 6.06. The molecule has 5 rings (SSSR count). The number of carboxylic acids is 1. The van der Waals surface area contributed by atoms with E-state index in [2.05, 4.69) is 15.6 Å². The third-order valence-electron chi connectivity index (χ3n) is 7.54. The first-order valence-electron chi connectivity index (χ1n) is 12.5. The Labute approximate surface area is 217 Å². The SMILES string of the molecule is C.CC(C)(Cc1c[nH]c2cccc(C(=O)O)c12)NC[C@H](O)COc1cccc2c1C1(CCCC1)C(=O)N2. The van der Waals surface area contributed by atoms with Crippen LogP contribution in [-0.4, -0.2) is 51.9 Å². The smallest absolute Gasteiger partial charge is 0.336 e. The highest BCUT2D eigenvalue weighted by Gasteiger charge is 2.50. The van der Waals surface area contributed by atoms with Gasteiger partial charge < -0.3 is 30.6 Å². The average Bonchev–Trinajstić information content (AvgIpc) is 3.56. The number of H-pyrrole nitrogens is 1. The number of aliphatic hydroxyl groups is 1. The van der Waals surface area contributed by atoms with Crippen LogP contribution in [-0.2, 0) is 16.6 Å². The number of aromatic amines is 1. The molecular weight excluding hydrogens is 470 g/mol. The van der Waals surface area contributed by atoms with Crippen LogP contribution in [0.25, 0.3) is 10.9 Å². The molecule has 1 fully saturated rings. The normalized spacial score (nSPS) is 16.9. The third kappa shape index (κ3) is 4.95. The fourth-order valence-corrected chi connectivity index (χ4v) is 5.81. The second-order valence-corrected chi connectivity index (χ2v) is 10.7. The number of nitrogens with one attached hydrogen (secondary N) is 3. The maximum atomic E-state index is 12.8. The Morgan fingerprint density at radius 1 is 1.19 bits per heavy atom. The Hall–Kier alpha value is -3.36. The van der Waals surface area contributed by atoms with Crippen molar-refractivity contribution in [1.29, 1.82) is 0 Å². The summed E-state index contributed by atoms with van der Waals surface area (Å²) in [6.07, 6.45) is 5.35. The van der Waals surface area contributed by atoms with Gasteiger partial charge in [-0.2, -0.15) is 0 Å². The molecular formula is C29H37N3O5. The molecule has 2 aliphatic rings. The van der Waals surface area contributed by atoms with Crippen LogP contribution in [0.15, 0.2) is 42.6 Å². The summed E-state index contributed by atoms with van der Waals surface area (Å²) >= 11 is 0. The Kier molecular flexibility index (Phi) is 7.35. The number of carbonyl (C=O) groups excluding carboxylic acids is 1. The summed E-state index contributed by atoms with van der Waals surface area (Å²) in [4.78, 5) is 27.6. The summed E-state index contributed by atoms with van der Waals surface area (Å²) in [7, 11) is 0. The van der Waals surface area contributed by atoms with Gasteiger partial charge >= 0.3 is 5.97 Å². The van der Waals surface area contributed by atoms with E-state index >= 15 is 0 Å². The molecule has 3 aromatic rings. The van der Waals surface area contributed by atoms with E-state index in [4.69, 9.17) is 4.74 Å². The lowest BCUT2D eigenvalue weighted by Gasteiger charge is -2.28. The number of amides is 1. The molecule has 0 radical (unpaired) electrons. The first-order chi connectivity index (χ1) is 17.2. The summed E-state index contributed by atoms with van der Waals surface area (Å²) in [5, 5.41) is 27.4. The molecule has 198 valence electrons. The molecule has 1 amide bonds. The van der Waals surface area contributed by atoms with E-state index in [0.717, 1.165) is 48.0 Å². The molecule has 1 aliphatic carbocycles. The summed E-state index contributed by atoms with van der Waals surface area (Å²) in [6.45, 7) is 4.44. The zero-order valence-corrected chi connectivity index (χ0v) is 20.7. The van der Waals surface area contributed by atoms with Crippen LogP contribution in [0.3, 0.4) is 0 Å². The molecule has 0 bridgehead atoms. The maximum Gasteiger partial charge on any atom is 0.336 e. The van der Waals surface area contributed by atoms with Gasteiger partial charge in [-0.05, 0) is 62.9 Å². The number of aromatic nitrogens is 1. The van der Waals surface area contributed by atoms with Crippen LogP contribution in [0.5, 0.6) is 5.75 Å². The number of ether oxygens (including phenoxy) is 1. The Morgan fingerprint density at radius 2 is 1.92 bits per heavy atom. The summed E-state index contributed by atoms with van der Waals surface area (Å²) in [5.41, 5.74) is 2.80. The van der Waals surface area contributed by atoms with Gasteiger partial charge in [0.1, 0.15) is 18.5 Å². The summed E-state index contributed by atoms with van der Waals surface area (Å²) in [5.74, 6) is -0.243. The quantitative estimate of drug-likeness (QED) is 0.288. The van der Waals surface area contributed by atoms with Gasteiger partial charge in [-0.1, -0.05) is 32.4 Å². The van der Waals surface area contributed by atoms with Crippen LogP contribution in [0.1, 0.15) is 68.4 Å². The van der Waals surface area contributed by atoms with Gasteiger partial charge in [-0.25, -0.2) is 4.79 Å². The van der Waals surface area contributed by atoms with E-state index in [1.54, 1.807) is 12.1 Å². The highest BCUT2D eigenvalue weighted by molar-refractivity contribution is 6.07. The molecule has 1 aliphatic heterocycles. The van der Waals surface area contributed by atoms with Gasteiger partial charge in [0, 0.05) is 40.4 Å². The number of carboxylic acid groups (broad SMARTS) is 1. The molecule has 0 unspecified atom stereocenters. The van der Waals surface area contributed by atoms with E-state index < -0.39 is 23.0 Å². The predicted molar refractivity (Wildman–Crippen MR) is 144 cm³/mol. The lowest BCUT2D eigenvalue weighted by atomic mass is 9.79. The van der Waals surface area contributed by atoms with Gasteiger partial charge in [-0.3, -0.25) is 4.79 Å². The topological polar surface area (TPSA) is 124 Å². The van der Waals surface area contributed by atoms with Crippen molar-refractivity contribution in [2.45, 2.75) is 70.4 Å². The minimum atomic E-state index is -0.955. The fraction of sp³-hybridized carbons (Fsp3) is 0.448. The van der Waals surface area contributed by atoms with Gasteiger partial charge in [0.05, 0.1) is 11.0 Å². The number of β-amino-alcohol motifs (C(OH)–C–C–N with tert-alkyl or cyclic N) is 1. The second-order valence-electron chi connectivity index (χ2n) is 10.7. The van der Waals surface area contributed by atoms with Crippen LogP contribution < -0.4 is 15.4 Å². The first kappa shape index (κ1) is 26.7. The monoisotopic (exact) mass is 507 g/mol. The van der Waals surface area contributed by atoms with Crippen molar-refractivity contribution in [3.8, 4) is 5.75 Å². The third-order valence-corrected chi connectivity index (χ3v) is 7.54. The van der Waals surface area contributed by atoms with Crippen LogP contribution in [0.4, 0.5) is 5.69 Å². The molecule has 2 heterocycles. The van der Waals surface area contributed by atoms with Crippen molar-refractivity contribution in [1.82, 2.24) is 10.3 Å². The van der Waals surface area contributed by atoms with Crippen molar-refractivity contribution in [2.24, 2.45) is 0 Å². The number of hydrogen-bond donors (Lipinski definition) is 5. The zero-order valence-electron chi connectivity index (χ0n) is 20.7. The van der Waals surface area contributed by atoms with E-state index in [-0.39, 0.29) is 25.5 Å². The van der Waals surface area contributed by atoms with Crippen molar-refractivity contribution >= 4 is 28.5 Å². The lowest BCUT2D eigenvalue weighted by Crippen LogP contribution is -2.46. The molecule has 1 atom stereocenters. The Balaban J connectivity index is 0.00000320. The molecule has 2 aromatic carbocycles. The molecule has 5 N–H and O–H groups in total. The average molecular weight is 508 g/mol. The van der Waals surface area contributed by atoms with Crippen molar-refractivity contribution in [3.63, 3.8) is 0 Å². The summed E-state index contributed by atoms with van der Waals surface area (Å²) in [6, 6.07) is 10.9. The minimum Gasteiger partial charge on any atom is -0.490 e. The maximum absolute atomic E-state index is 12.8. The molecule has 0 saturated heterocycles. The minimum absolute atomic E-state index is 0. The number of fused-ring (bicyclic) bond motifs is 3. The second kappa shape index (κ2) is 10.2. The standard InChI is InChI=1S/C28H33N3O5.CH4/c1-27(2,13-17-14-29-20-8-5-7-19(23(17)20)25(33)34)30-15-18(32)16-36-22-10-6-9-21-24(22)28(26(35)31-21)11-3-4-12-28;/h5-10,14,18,29-30,32H,3-4,11-13,15-16H2,1-2H3,(H,31,35)(H,33,34);1H4/t18-;/m0./s1. The van der Waals surface area contributed by atoms with Gasteiger partial charge in [0.15, 0.2) is 0 Å². The fourth-order valence-electron chi connectivity index (χ4n) is 5.81. The lowest BCUT2D eigenvalue weighted by molar-refractivity contribution is -0.120. The van der Waals surface area contributed by atoms with E-state index in [1.165, 1.54) is 0 Å². The van der Waals surface area contributed by atoms with Crippen molar-refractivity contribution < 1.29 is 24.5 Å². The van der Waals surface area contributed by atoms with E-state index in [9.17, 15) is 19.8 Å². The molecule has 8 nitrogen and oxygen atoms in total. The number of benzene rings is 2.